The molecule has 2 heterocycles. The Bertz CT molecular complexity index is 875. The number of nitrogens with zero attached hydrogens (tertiary/aromatic N) is 1. The molecule has 6 nitrogen and oxygen atoms in total. The van der Waals surface area contributed by atoms with Crippen molar-refractivity contribution in [3.63, 3.8) is 0 Å². The van der Waals surface area contributed by atoms with Gasteiger partial charge >= 0.3 is 0 Å². The highest BCUT2D eigenvalue weighted by atomic mass is 32.2. The normalized spacial score (nSPS) is 18.7. The maximum Gasteiger partial charge on any atom is 0.270 e. The molecule has 0 aliphatic carbocycles. The molecule has 1 unspecified atom stereocenters. The lowest BCUT2D eigenvalue weighted by molar-refractivity contribution is 0.0936. The molecule has 1 atom stereocenters. The van der Waals surface area contributed by atoms with Gasteiger partial charge in [-0.2, -0.15) is 0 Å². The molecule has 0 bridgehead atoms. The number of amides is 1. The van der Waals surface area contributed by atoms with Crippen LogP contribution in [0.4, 0.5) is 11.4 Å². The van der Waals surface area contributed by atoms with Crippen molar-refractivity contribution >= 4 is 27.1 Å². The molecule has 1 aliphatic rings. The smallest absolute Gasteiger partial charge is 0.270 e. The van der Waals surface area contributed by atoms with Crippen LogP contribution in [0.2, 0.25) is 0 Å². The van der Waals surface area contributed by atoms with Crippen molar-refractivity contribution in [3.8, 4) is 0 Å². The number of sulfone groups is 1. The Labute approximate surface area is 154 Å². The van der Waals surface area contributed by atoms with Crippen LogP contribution in [0.5, 0.6) is 0 Å². The van der Waals surface area contributed by atoms with E-state index in [1.54, 1.807) is 18.3 Å². The van der Waals surface area contributed by atoms with Crippen molar-refractivity contribution < 1.29 is 13.2 Å². The number of hydrogen-bond acceptors (Lipinski definition) is 5. The Morgan fingerprint density at radius 2 is 1.81 bits per heavy atom. The largest absolute Gasteiger partial charge is 0.354 e. The Hall–Kier alpha value is -2.41. The maximum atomic E-state index is 12.2. The van der Waals surface area contributed by atoms with Crippen LogP contribution in [0.15, 0.2) is 42.6 Å². The van der Waals surface area contributed by atoms with Crippen LogP contribution in [0, 0.1) is 0 Å². The zero-order chi connectivity index (χ0) is 18.7. The molecule has 7 heteroatoms. The highest BCUT2D eigenvalue weighted by Crippen LogP contribution is 2.20. The molecule has 1 saturated heterocycles. The first-order valence-electron chi connectivity index (χ1n) is 8.67. The zero-order valence-electron chi connectivity index (χ0n) is 14.9. The lowest BCUT2D eigenvalue weighted by atomic mass is 10.0. The fraction of sp³-hybridized carbons (Fsp3) is 0.368. The maximum absolute atomic E-state index is 12.2. The van der Waals surface area contributed by atoms with Gasteiger partial charge in [-0.1, -0.05) is 26.0 Å². The second kappa shape index (κ2) is 7.45. The predicted molar refractivity (Wildman–Crippen MR) is 103 cm³/mol. The van der Waals surface area contributed by atoms with Crippen molar-refractivity contribution in [2.75, 3.05) is 16.8 Å². The minimum Gasteiger partial charge on any atom is -0.354 e. The molecular formula is C19H23N3O3S. The molecular weight excluding hydrogens is 350 g/mol. The van der Waals surface area contributed by atoms with Gasteiger partial charge in [-0.25, -0.2) is 13.4 Å². The number of nitrogens with one attached hydrogen (secondary N) is 2. The molecule has 3 rings (SSSR count). The third kappa shape index (κ3) is 4.60. The molecule has 2 N–H and O–H groups in total. The van der Waals surface area contributed by atoms with E-state index >= 15 is 0 Å². The van der Waals surface area contributed by atoms with E-state index in [4.69, 9.17) is 0 Å². The van der Waals surface area contributed by atoms with Gasteiger partial charge < -0.3 is 10.6 Å². The van der Waals surface area contributed by atoms with Gasteiger partial charge in [0, 0.05) is 11.7 Å². The van der Waals surface area contributed by atoms with Gasteiger partial charge in [-0.05, 0) is 42.2 Å². The molecule has 0 spiro atoms. The molecule has 26 heavy (non-hydrogen) atoms. The van der Waals surface area contributed by atoms with Crippen LogP contribution in [0.25, 0.3) is 0 Å². The van der Waals surface area contributed by atoms with Crippen LogP contribution >= 0.6 is 0 Å². The number of benzene rings is 1. The summed E-state index contributed by atoms with van der Waals surface area (Å²) in [6.45, 7) is 4.30. The van der Waals surface area contributed by atoms with Gasteiger partial charge in [0.05, 0.1) is 23.4 Å². The summed E-state index contributed by atoms with van der Waals surface area (Å²) < 4.78 is 22.9. The van der Waals surface area contributed by atoms with Gasteiger partial charge in [-0.3, -0.25) is 4.79 Å². The van der Waals surface area contributed by atoms with Crippen molar-refractivity contribution in [1.29, 1.82) is 0 Å². The van der Waals surface area contributed by atoms with Gasteiger partial charge in [0.1, 0.15) is 5.69 Å². The summed E-state index contributed by atoms with van der Waals surface area (Å²) in [5, 5.41) is 5.98. The minimum atomic E-state index is -3.02. The number of rotatable bonds is 5. The number of pyridine rings is 1. The van der Waals surface area contributed by atoms with Crippen LogP contribution in [-0.4, -0.2) is 36.9 Å². The van der Waals surface area contributed by atoms with Gasteiger partial charge in [-0.15, -0.1) is 0 Å². The van der Waals surface area contributed by atoms with Gasteiger partial charge in [0.25, 0.3) is 5.91 Å². The molecule has 1 aromatic heterocycles. The summed E-state index contributed by atoms with van der Waals surface area (Å²) in [4.78, 5) is 16.4. The Kier molecular flexibility index (Phi) is 5.27. The van der Waals surface area contributed by atoms with Crippen molar-refractivity contribution in [2.24, 2.45) is 0 Å². The Morgan fingerprint density at radius 1 is 1.12 bits per heavy atom. The first kappa shape index (κ1) is 18.4. The number of anilines is 2. The summed E-state index contributed by atoms with van der Waals surface area (Å²) in [7, 11) is -3.02. The summed E-state index contributed by atoms with van der Waals surface area (Å²) in [6, 6.07) is 11.3. The van der Waals surface area contributed by atoms with E-state index in [1.165, 1.54) is 5.56 Å². The summed E-state index contributed by atoms with van der Waals surface area (Å²) in [6.07, 6.45) is 2.05. The molecule has 0 radical (unpaired) electrons. The van der Waals surface area contributed by atoms with Gasteiger partial charge in [0.15, 0.2) is 9.84 Å². The summed E-state index contributed by atoms with van der Waals surface area (Å²) in [5.74, 6) is 0.271. The van der Waals surface area contributed by atoms with E-state index in [0.29, 0.717) is 12.3 Å². The highest BCUT2D eigenvalue weighted by molar-refractivity contribution is 7.91. The SMILES string of the molecule is CC(C)c1ccc(Nc2ccc(C(=O)NC3CCS(=O)(=O)C3)nc2)cc1. The summed E-state index contributed by atoms with van der Waals surface area (Å²) in [5.41, 5.74) is 3.27. The minimum absolute atomic E-state index is 0.00471. The average molecular weight is 373 g/mol. The van der Waals surface area contributed by atoms with Crippen LogP contribution in [-0.2, 0) is 9.84 Å². The topological polar surface area (TPSA) is 88.2 Å². The number of aromatic nitrogens is 1. The van der Waals surface area contributed by atoms with E-state index in [9.17, 15) is 13.2 Å². The van der Waals surface area contributed by atoms with E-state index in [-0.39, 0.29) is 29.1 Å². The van der Waals surface area contributed by atoms with E-state index < -0.39 is 9.84 Å². The molecule has 1 aliphatic heterocycles. The summed E-state index contributed by atoms with van der Waals surface area (Å²) >= 11 is 0. The monoisotopic (exact) mass is 373 g/mol. The first-order chi connectivity index (χ1) is 12.3. The van der Waals surface area contributed by atoms with Crippen molar-refractivity contribution in [1.82, 2.24) is 10.3 Å². The fourth-order valence-corrected chi connectivity index (χ4v) is 4.56. The molecule has 0 saturated carbocycles. The third-order valence-electron chi connectivity index (χ3n) is 4.43. The van der Waals surface area contributed by atoms with Gasteiger partial charge in [0.2, 0.25) is 0 Å². The molecule has 1 fully saturated rings. The quantitative estimate of drug-likeness (QED) is 0.841. The molecule has 2 aromatic rings. The lowest BCUT2D eigenvalue weighted by Gasteiger charge is -2.11. The Morgan fingerprint density at radius 3 is 2.35 bits per heavy atom. The van der Waals surface area contributed by atoms with E-state index in [2.05, 4.69) is 41.6 Å². The molecule has 1 amide bonds. The molecule has 1 aromatic carbocycles. The second-order valence-corrected chi connectivity index (χ2v) is 9.14. The number of hydrogen-bond donors (Lipinski definition) is 2. The van der Waals surface area contributed by atoms with E-state index in [0.717, 1.165) is 11.4 Å². The number of carbonyl (C=O) groups is 1. The zero-order valence-corrected chi connectivity index (χ0v) is 15.7. The third-order valence-corrected chi connectivity index (χ3v) is 6.20. The van der Waals surface area contributed by atoms with Crippen LogP contribution in [0.3, 0.4) is 0 Å². The van der Waals surface area contributed by atoms with Crippen LogP contribution < -0.4 is 10.6 Å². The number of carbonyl (C=O) groups excluding carboxylic acids is 1. The van der Waals surface area contributed by atoms with Crippen molar-refractivity contribution in [3.05, 3.63) is 53.9 Å². The average Bonchev–Trinajstić information content (AvgIpc) is 2.94. The first-order valence-corrected chi connectivity index (χ1v) is 10.5. The fourth-order valence-electron chi connectivity index (χ4n) is 2.89. The van der Waals surface area contributed by atoms with Crippen LogP contribution in [0.1, 0.15) is 42.2 Å². The predicted octanol–water partition coefficient (Wildman–Crippen LogP) is 2.87. The standard InChI is InChI=1S/C19H23N3O3S/c1-13(2)14-3-5-15(6-4-14)21-16-7-8-18(20-11-16)19(23)22-17-9-10-26(24,25)12-17/h3-8,11,13,17,21H,9-10,12H2,1-2H3,(H,22,23). The Balaban J connectivity index is 1.60. The second-order valence-electron chi connectivity index (χ2n) is 6.91. The highest BCUT2D eigenvalue weighted by Gasteiger charge is 2.29. The van der Waals surface area contributed by atoms with E-state index in [1.807, 2.05) is 12.1 Å². The lowest BCUT2D eigenvalue weighted by Crippen LogP contribution is -2.36. The molecule has 138 valence electrons. The van der Waals surface area contributed by atoms with Crippen molar-refractivity contribution in [2.45, 2.75) is 32.2 Å².